The molecule has 0 aromatic heterocycles. The lowest BCUT2D eigenvalue weighted by molar-refractivity contribution is 0.528. The molecule has 2 N–H and O–H groups in total. The molecule has 0 amide bonds. The van der Waals surface area contributed by atoms with Gasteiger partial charge in [0.1, 0.15) is 0 Å². The molecule has 0 bridgehead atoms. The molecule has 1 aromatic rings. The Hall–Kier alpha value is -0.0800. The minimum absolute atomic E-state index is 0.0522. The van der Waals surface area contributed by atoms with E-state index in [1.807, 2.05) is 31.8 Å². The summed E-state index contributed by atoms with van der Waals surface area (Å²) in [6, 6.07) is 3.79. The Bertz CT molecular complexity index is 599. The first-order valence-corrected chi connectivity index (χ1v) is 10.4. The van der Waals surface area contributed by atoms with Crippen LogP contribution in [-0.4, -0.2) is 33.0 Å². The van der Waals surface area contributed by atoms with Gasteiger partial charge in [0.15, 0.2) is 0 Å². The van der Waals surface area contributed by atoms with E-state index in [4.69, 9.17) is 0 Å². The summed E-state index contributed by atoms with van der Waals surface area (Å²) >= 11 is 5.31. The molecular weight excluding hydrogens is 372 g/mol. The number of rotatable bonds is 5. The molecule has 4 nitrogen and oxygen atoms in total. The van der Waals surface area contributed by atoms with Crippen LogP contribution >= 0.6 is 27.7 Å². The third-order valence-electron chi connectivity index (χ3n) is 3.49. The standard InChI is InChI=1S/C14H21BrN2O2S2/c1-10-7-11(9-16-2)8-13(14(10)15)21(18,19)17-12-3-5-20-6-4-12/h7-8,12,16-17H,3-6,9H2,1-2H3. The number of aryl methyl sites for hydroxylation is 1. The Kier molecular flexibility index (Phi) is 6.14. The normalized spacial score (nSPS) is 17.1. The Labute approximate surface area is 139 Å². The number of hydrogen-bond donors (Lipinski definition) is 2. The van der Waals surface area contributed by atoms with E-state index in [2.05, 4.69) is 26.0 Å². The van der Waals surface area contributed by atoms with E-state index in [1.54, 1.807) is 6.07 Å². The van der Waals surface area contributed by atoms with Gasteiger partial charge < -0.3 is 5.32 Å². The van der Waals surface area contributed by atoms with Crippen molar-refractivity contribution in [2.45, 2.75) is 37.2 Å². The molecule has 2 rings (SSSR count). The van der Waals surface area contributed by atoms with Crippen LogP contribution in [0.5, 0.6) is 0 Å². The summed E-state index contributed by atoms with van der Waals surface area (Å²) in [7, 11) is -1.64. The van der Waals surface area contributed by atoms with Crippen LogP contribution in [-0.2, 0) is 16.6 Å². The van der Waals surface area contributed by atoms with Crippen LogP contribution in [0, 0.1) is 6.92 Å². The monoisotopic (exact) mass is 392 g/mol. The van der Waals surface area contributed by atoms with Gasteiger partial charge in [-0.25, -0.2) is 13.1 Å². The highest BCUT2D eigenvalue weighted by molar-refractivity contribution is 9.10. The number of sulfonamides is 1. The maximum absolute atomic E-state index is 12.7. The first-order chi connectivity index (χ1) is 9.94. The van der Waals surface area contributed by atoms with Crippen LogP contribution in [0.2, 0.25) is 0 Å². The lowest BCUT2D eigenvalue weighted by Crippen LogP contribution is -2.37. The van der Waals surface area contributed by atoms with Crippen LogP contribution in [0.3, 0.4) is 0 Å². The summed E-state index contributed by atoms with van der Waals surface area (Å²) in [5.74, 6) is 2.04. The zero-order valence-corrected chi connectivity index (χ0v) is 15.5. The molecule has 0 aliphatic carbocycles. The number of benzene rings is 1. The second kappa shape index (κ2) is 7.46. The van der Waals surface area contributed by atoms with E-state index in [9.17, 15) is 8.42 Å². The molecule has 1 aliphatic heterocycles. The van der Waals surface area contributed by atoms with Gasteiger partial charge in [-0.2, -0.15) is 11.8 Å². The smallest absolute Gasteiger partial charge is 0.241 e. The lowest BCUT2D eigenvalue weighted by atomic mass is 10.1. The largest absolute Gasteiger partial charge is 0.316 e. The predicted molar refractivity (Wildman–Crippen MR) is 92.3 cm³/mol. The molecule has 1 fully saturated rings. The summed E-state index contributed by atoms with van der Waals surface area (Å²) in [5, 5.41) is 3.06. The number of thioether (sulfide) groups is 1. The molecule has 0 atom stereocenters. The SMILES string of the molecule is CNCc1cc(C)c(Br)c(S(=O)(=O)NC2CCSCC2)c1. The third-order valence-corrected chi connectivity index (χ3v) is 7.40. The van der Waals surface area contributed by atoms with Crippen molar-refractivity contribution >= 4 is 37.7 Å². The van der Waals surface area contributed by atoms with Gasteiger partial charge in [-0.05, 0) is 71.4 Å². The predicted octanol–water partition coefficient (Wildman–Crippen LogP) is 2.65. The zero-order chi connectivity index (χ0) is 15.5. The van der Waals surface area contributed by atoms with Crippen molar-refractivity contribution in [1.82, 2.24) is 10.0 Å². The lowest BCUT2D eigenvalue weighted by Gasteiger charge is -2.23. The number of nitrogens with one attached hydrogen (secondary N) is 2. The minimum Gasteiger partial charge on any atom is -0.316 e. The van der Waals surface area contributed by atoms with Gasteiger partial charge in [-0.15, -0.1) is 0 Å². The second-order valence-electron chi connectivity index (χ2n) is 5.26. The summed E-state index contributed by atoms with van der Waals surface area (Å²) in [5.41, 5.74) is 1.90. The van der Waals surface area contributed by atoms with Crippen molar-refractivity contribution in [1.29, 1.82) is 0 Å². The van der Waals surface area contributed by atoms with Crippen LogP contribution in [0.1, 0.15) is 24.0 Å². The van der Waals surface area contributed by atoms with Gasteiger partial charge in [-0.1, -0.05) is 6.07 Å². The summed E-state index contributed by atoms with van der Waals surface area (Å²) in [6.07, 6.45) is 1.80. The molecule has 0 unspecified atom stereocenters. The molecule has 0 spiro atoms. The molecule has 0 radical (unpaired) electrons. The fourth-order valence-electron chi connectivity index (χ4n) is 2.41. The minimum atomic E-state index is -3.49. The second-order valence-corrected chi connectivity index (χ2v) is 8.96. The van der Waals surface area contributed by atoms with E-state index in [0.717, 1.165) is 35.5 Å². The Morgan fingerprint density at radius 1 is 1.33 bits per heavy atom. The van der Waals surface area contributed by atoms with Crippen LogP contribution in [0.4, 0.5) is 0 Å². The highest BCUT2D eigenvalue weighted by Crippen LogP contribution is 2.28. The molecule has 118 valence electrons. The average molecular weight is 393 g/mol. The Morgan fingerprint density at radius 2 is 2.00 bits per heavy atom. The average Bonchev–Trinajstić information content (AvgIpc) is 2.43. The molecule has 1 heterocycles. The molecule has 1 aromatic carbocycles. The van der Waals surface area contributed by atoms with Crippen molar-refractivity contribution < 1.29 is 8.42 Å². The molecule has 1 aliphatic rings. The van der Waals surface area contributed by atoms with Crippen molar-refractivity contribution in [2.75, 3.05) is 18.6 Å². The van der Waals surface area contributed by atoms with Crippen molar-refractivity contribution in [3.8, 4) is 0 Å². The van der Waals surface area contributed by atoms with Gasteiger partial charge in [0.2, 0.25) is 10.0 Å². The van der Waals surface area contributed by atoms with Crippen LogP contribution in [0.15, 0.2) is 21.5 Å². The fraction of sp³-hybridized carbons (Fsp3) is 0.571. The maximum Gasteiger partial charge on any atom is 0.241 e. The quantitative estimate of drug-likeness (QED) is 0.808. The van der Waals surface area contributed by atoms with Gasteiger partial charge in [0.25, 0.3) is 0 Å². The number of hydrogen-bond acceptors (Lipinski definition) is 4. The van der Waals surface area contributed by atoms with E-state index in [-0.39, 0.29) is 6.04 Å². The van der Waals surface area contributed by atoms with E-state index in [1.165, 1.54) is 0 Å². The fourth-order valence-corrected chi connectivity index (χ4v) is 5.89. The van der Waals surface area contributed by atoms with E-state index in [0.29, 0.717) is 15.9 Å². The highest BCUT2D eigenvalue weighted by Gasteiger charge is 2.24. The van der Waals surface area contributed by atoms with Crippen LogP contribution in [0.25, 0.3) is 0 Å². The Balaban J connectivity index is 2.29. The first-order valence-electron chi connectivity index (χ1n) is 6.97. The van der Waals surface area contributed by atoms with Crippen molar-refractivity contribution in [2.24, 2.45) is 0 Å². The third kappa shape index (κ3) is 4.45. The highest BCUT2D eigenvalue weighted by atomic mass is 79.9. The first kappa shape index (κ1) is 17.3. The molecule has 0 saturated carbocycles. The molecule has 7 heteroatoms. The van der Waals surface area contributed by atoms with Crippen molar-refractivity contribution in [3.05, 3.63) is 27.7 Å². The molecular formula is C14H21BrN2O2S2. The van der Waals surface area contributed by atoms with E-state index >= 15 is 0 Å². The molecule has 1 saturated heterocycles. The molecule has 21 heavy (non-hydrogen) atoms. The Morgan fingerprint density at radius 3 is 2.62 bits per heavy atom. The van der Waals surface area contributed by atoms with Gasteiger partial charge >= 0.3 is 0 Å². The zero-order valence-electron chi connectivity index (χ0n) is 12.3. The topological polar surface area (TPSA) is 58.2 Å². The van der Waals surface area contributed by atoms with Gasteiger partial charge in [0, 0.05) is 17.1 Å². The van der Waals surface area contributed by atoms with Crippen molar-refractivity contribution in [3.63, 3.8) is 0 Å². The van der Waals surface area contributed by atoms with Crippen LogP contribution < -0.4 is 10.0 Å². The van der Waals surface area contributed by atoms with E-state index < -0.39 is 10.0 Å². The van der Waals surface area contributed by atoms with Gasteiger partial charge in [-0.3, -0.25) is 0 Å². The summed E-state index contributed by atoms with van der Waals surface area (Å²) < 4.78 is 28.8. The summed E-state index contributed by atoms with van der Waals surface area (Å²) in [4.78, 5) is 0.339. The van der Waals surface area contributed by atoms with Gasteiger partial charge in [0.05, 0.1) is 4.90 Å². The summed E-state index contributed by atoms with van der Waals surface area (Å²) in [6.45, 7) is 2.57. The maximum atomic E-state index is 12.7. The number of halogens is 1.